The van der Waals surface area contributed by atoms with E-state index in [9.17, 15) is 5.11 Å². The molecule has 0 aliphatic carbocycles. The van der Waals surface area contributed by atoms with Crippen LogP contribution in [0.3, 0.4) is 0 Å². The Morgan fingerprint density at radius 3 is 2.95 bits per heavy atom. The third-order valence-electron chi connectivity index (χ3n) is 3.71. The van der Waals surface area contributed by atoms with Gasteiger partial charge in [0.15, 0.2) is 5.82 Å². The van der Waals surface area contributed by atoms with Gasteiger partial charge in [0.1, 0.15) is 0 Å². The molecule has 2 rings (SSSR count). The lowest BCUT2D eigenvalue weighted by Gasteiger charge is -2.32. The zero-order valence-corrected chi connectivity index (χ0v) is 12.4. The zero-order valence-electron chi connectivity index (χ0n) is 12.4. The number of hydrogen-bond acceptors (Lipinski definition) is 5. The topological polar surface area (TPSA) is 57.6 Å². The molecule has 2 heterocycles. The lowest BCUT2D eigenvalue weighted by Crippen LogP contribution is -2.37. The number of hydrogen-bond donors (Lipinski definition) is 2. The normalized spacial score (nSPS) is 18.1. The van der Waals surface area contributed by atoms with Gasteiger partial charge >= 0.3 is 0 Å². The van der Waals surface area contributed by atoms with Crippen LogP contribution < -0.4 is 10.2 Å². The van der Waals surface area contributed by atoms with Crippen molar-refractivity contribution in [3.05, 3.63) is 18.3 Å². The summed E-state index contributed by atoms with van der Waals surface area (Å²) in [5.41, 5.74) is 1.06. The molecule has 20 heavy (non-hydrogen) atoms. The molecule has 5 heteroatoms. The highest BCUT2D eigenvalue weighted by Crippen LogP contribution is 2.26. The van der Waals surface area contributed by atoms with Gasteiger partial charge in [-0.2, -0.15) is 0 Å². The molecule has 0 aromatic carbocycles. The number of anilines is 2. The maximum Gasteiger partial charge on any atom is 0.151 e. The lowest BCUT2D eigenvalue weighted by atomic mass is 10.1. The molecule has 0 spiro atoms. The van der Waals surface area contributed by atoms with E-state index in [2.05, 4.69) is 28.2 Å². The molecule has 1 unspecified atom stereocenters. The molecule has 1 aromatic heterocycles. The van der Waals surface area contributed by atoms with Gasteiger partial charge in [0, 0.05) is 39.0 Å². The van der Waals surface area contributed by atoms with Gasteiger partial charge in [0.05, 0.1) is 11.8 Å². The van der Waals surface area contributed by atoms with Crippen molar-refractivity contribution in [2.75, 3.05) is 37.0 Å². The van der Waals surface area contributed by atoms with E-state index in [0.717, 1.165) is 50.5 Å². The molecule has 0 amide bonds. The first-order chi connectivity index (χ1) is 9.70. The fourth-order valence-electron chi connectivity index (χ4n) is 2.47. The van der Waals surface area contributed by atoms with E-state index in [1.807, 2.05) is 12.3 Å². The van der Waals surface area contributed by atoms with Crippen LogP contribution >= 0.6 is 0 Å². The SMILES string of the molecule is COCCC(C)Nc1cccnc1N1CCC(O)CC1. The second-order valence-electron chi connectivity index (χ2n) is 5.42. The first-order valence-electron chi connectivity index (χ1n) is 7.34. The first kappa shape index (κ1) is 15.1. The summed E-state index contributed by atoms with van der Waals surface area (Å²) in [5.74, 6) is 0.990. The third-order valence-corrected chi connectivity index (χ3v) is 3.71. The molecule has 0 bridgehead atoms. The monoisotopic (exact) mass is 279 g/mol. The van der Waals surface area contributed by atoms with Crippen molar-refractivity contribution in [1.82, 2.24) is 4.98 Å². The summed E-state index contributed by atoms with van der Waals surface area (Å²) in [6.45, 7) is 4.62. The number of rotatable bonds is 6. The number of methoxy groups -OCH3 is 1. The van der Waals surface area contributed by atoms with E-state index >= 15 is 0 Å². The second-order valence-corrected chi connectivity index (χ2v) is 5.42. The molecule has 0 radical (unpaired) electrons. The van der Waals surface area contributed by atoms with Gasteiger partial charge < -0.3 is 20.1 Å². The summed E-state index contributed by atoms with van der Waals surface area (Å²) < 4.78 is 5.11. The van der Waals surface area contributed by atoms with Crippen LogP contribution in [0.5, 0.6) is 0 Å². The molecule has 1 fully saturated rings. The first-order valence-corrected chi connectivity index (χ1v) is 7.34. The number of nitrogens with zero attached hydrogens (tertiary/aromatic N) is 2. The number of piperidine rings is 1. The minimum atomic E-state index is -0.160. The number of nitrogens with one attached hydrogen (secondary N) is 1. The standard InChI is InChI=1S/C15H25N3O2/c1-12(7-11-20-2)17-14-4-3-8-16-15(14)18-9-5-13(19)6-10-18/h3-4,8,12-13,17,19H,5-7,9-11H2,1-2H3. The van der Waals surface area contributed by atoms with Crippen molar-refractivity contribution < 1.29 is 9.84 Å². The van der Waals surface area contributed by atoms with Crippen molar-refractivity contribution in [3.63, 3.8) is 0 Å². The van der Waals surface area contributed by atoms with Gasteiger partial charge in [-0.05, 0) is 38.3 Å². The summed E-state index contributed by atoms with van der Waals surface area (Å²) in [6.07, 6.45) is 4.26. The summed E-state index contributed by atoms with van der Waals surface area (Å²) in [4.78, 5) is 6.76. The Balaban J connectivity index is 2.02. The van der Waals surface area contributed by atoms with Crippen LogP contribution in [0.1, 0.15) is 26.2 Å². The van der Waals surface area contributed by atoms with Crippen molar-refractivity contribution in [2.24, 2.45) is 0 Å². The van der Waals surface area contributed by atoms with Crippen LogP contribution in [0, 0.1) is 0 Å². The van der Waals surface area contributed by atoms with Crippen LogP contribution in [0.2, 0.25) is 0 Å². The Morgan fingerprint density at radius 1 is 1.50 bits per heavy atom. The smallest absolute Gasteiger partial charge is 0.151 e. The lowest BCUT2D eigenvalue weighted by molar-refractivity contribution is 0.145. The predicted octanol–water partition coefficient (Wildman–Crippen LogP) is 1.88. The minimum absolute atomic E-state index is 0.160. The summed E-state index contributed by atoms with van der Waals surface area (Å²) in [7, 11) is 1.72. The van der Waals surface area contributed by atoms with Gasteiger partial charge in [-0.25, -0.2) is 4.98 Å². The van der Waals surface area contributed by atoms with E-state index in [0.29, 0.717) is 6.04 Å². The van der Waals surface area contributed by atoms with Crippen LogP contribution in [-0.2, 0) is 4.74 Å². The Kier molecular flexibility index (Phi) is 5.61. The molecule has 112 valence electrons. The fraction of sp³-hybridized carbons (Fsp3) is 0.667. The highest BCUT2D eigenvalue weighted by atomic mass is 16.5. The van der Waals surface area contributed by atoms with Gasteiger partial charge in [-0.3, -0.25) is 0 Å². The highest BCUT2D eigenvalue weighted by molar-refractivity contribution is 5.65. The minimum Gasteiger partial charge on any atom is -0.393 e. The van der Waals surface area contributed by atoms with E-state index in [1.54, 1.807) is 7.11 Å². The van der Waals surface area contributed by atoms with Crippen molar-refractivity contribution >= 4 is 11.5 Å². The Hall–Kier alpha value is -1.33. The van der Waals surface area contributed by atoms with Crippen LogP contribution in [-0.4, -0.2) is 49.0 Å². The van der Waals surface area contributed by atoms with Crippen LogP contribution in [0.15, 0.2) is 18.3 Å². The number of ether oxygens (including phenoxy) is 1. The second kappa shape index (κ2) is 7.45. The molecule has 1 aliphatic rings. The molecule has 1 atom stereocenters. The van der Waals surface area contributed by atoms with Gasteiger partial charge in [0.2, 0.25) is 0 Å². The maximum absolute atomic E-state index is 9.61. The van der Waals surface area contributed by atoms with E-state index in [4.69, 9.17) is 4.74 Å². The van der Waals surface area contributed by atoms with E-state index < -0.39 is 0 Å². The quantitative estimate of drug-likeness (QED) is 0.832. The van der Waals surface area contributed by atoms with Gasteiger partial charge in [0.25, 0.3) is 0 Å². The Labute approximate surface area is 121 Å². The van der Waals surface area contributed by atoms with Crippen LogP contribution in [0.4, 0.5) is 11.5 Å². The molecular weight excluding hydrogens is 254 g/mol. The molecule has 1 saturated heterocycles. The molecular formula is C15H25N3O2. The van der Waals surface area contributed by atoms with Crippen molar-refractivity contribution in [1.29, 1.82) is 0 Å². The largest absolute Gasteiger partial charge is 0.393 e. The number of aromatic nitrogens is 1. The number of aliphatic hydroxyl groups excluding tert-OH is 1. The predicted molar refractivity (Wildman–Crippen MR) is 81.3 cm³/mol. The number of pyridine rings is 1. The summed E-state index contributed by atoms with van der Waals surface area (Å²) in [5, 5.41) is 13.1. The average Bonchev–Trinajstić information content (AvgIpc) is 2.47. The fourth-order valence-corrected chi connectivity index (χ4v) is 2.47. The molecule has 1 aliphatic heterocycles. The zero-order chi connectivity index (χ0) is 14.4. The van der Waals surface area contributed by atoms with E-state index in [1.165, 1.54) is 0 Å². The maximum atomic E-state index is 9.61. The van der Waals surface area contributed by atoms with Gasteiger partial charge in [-0.1, -0.05) is 0 Å². The van der Waals surface area contributed by atoms with E-state index in [-0.39, 0.29) is 6.10 Å². The van der Waals surface area contributed by atoms with Gasteiger partial charge in [-0.15, -0.1) is 0 Å². The van der Waals surface area contributed by atoms with Crippen molar-refractivity contribution in [3.8, 4) is 0 Å². The third kappa shape index (κ3) is 4.08. The summed E-state index contributed by atoms with van der Waals surface area (Å²) in [6, 6.07) is 4.36. The average molecular weight is 279 g/mol. The molecule has 0 saturated carbocycles. The Morgan fingerprint density at radius 2 is 2.25 bits per heavy atom. The van der Waals surface area contributed by atoms with Crippen molar-refractivity contribution in [2.45, 2.75) is 38.3 Å². The van der Waals surface area contributed by atoms with Crippen LogP contribution in [0.25, 0.3) is 0 Å². The molecule has 2 N–H and O–H groups in total. The molecule has 1 aromatic rings. The summed E-state index contributed by atoms with van der Waals surface area (Å²) >= 11 is 0. The Bertz CT molecular complexity index is 406. The number of aliphatic hydroxyl groups is 1. The molecule has 5 nitrogen and oxygen atoms in total. The highest BCUT2D eigenvalue weighted by Gasteiger charge is 2.20.